The zero-order chi connectivity index (χ0) is 20.2. The summed E-state index contributed by atoms with van der Waals surface area (Å²) in [4.78, 5) is 27.9. The van der Waals surface area contributed by atoms with Crippen molar-refractivity contribution in [2.45, 2.75) is 25.2 Å². The average molecular weight is 410 g/mol. The van der Waals surface area contributed by atoms with Gasteiger partial charge in [0, 0.05) is 10.7 Å². The van der Waals surface area contributed by atoms with Crippen LogP contribution in [0.1, 0.15) is 11.1 Å². The van der Waals surface area contributed by atoms with Gasteiger partial charge in [-0.3, -0.25) is 9.59 Å². The maximum atomic E-state index is 13.3. The zero-order valence-corrected chi connectivity index (χ0v) is 16.6. The first-order valence-corrected chi connectivity index (χ1v) is 10.0. The monoisotopic (exact) mass is 409 g/mol. The Morgan fingerprint density at radius 3 is 2.83 bits per heavy atom. The van der Waals surface area contributed by atoms with E-state index >= 15 is 0 Å². The minimum Gasteiger partial charge on any atom is -0.460 e. The Morgan fingerprint density at radius 1 is 1.28 bits per heavy atom. The summed E-state index contributed by atoms with van der Waals surface area (Å²) >= 11 is 6.13. The van der Waals surface area contributed by atoms with Crippen molar-refractivity contribution in [2.24, 2.45) is 11.8 Å². The largest absolute Gasteiger partial charge is 0.460 e. The lowest BCUT2D eigenvalue weighted by Crippen LogP contribution is -2.40. The van der Waals surface area contributed by atoms with Crippen molar-refractivity contribution >= 4 is 29.2 Å². The minimum atomic E-state index is -0.772. The van der Waals surface area contributed by atoms with E-state index in [-0.39, 0.29) is 12.5 Å². The number of ether oxygens (including phenoxy) is 2. The molecule has 0 N–H and O–H groups in total. The molecule has 3 heterocycles. The first-order chi connectivity index (χ1) is 14.0. The fourth-order valence-electron chi connectivity index (χ4n) is 4.61. The number of anilines is 1. The molecule has 0 unspecified atom stereocenters. The molecule has 5 nitrogen and oxygen atoms in total. The van der Waals surface area contributed by atoms with Crippen molar-refractivity contribution in [3.8, 4) is 0 Å². The third kappa shape index (κ3) is 2.88. The summed E-state index contributed by atoms with van der Waals surface area (Å²) in [6, 6.07) is 15.0. The molecule has 1 spiro atoms. The van der Waals surface area contributed by atoms with E-state index in [1.54, 1.807) is 11.0 Å². The van der Waals surface area contributed by atoms with E-state index < -0.39 is 29.5 Å². The Hall–Kier alpha value is -2.63. The number of amides is 1. The molecule has 2 fully saturated rings. The normalized spacial score (nSPS) is 29.4. The van der Waals surface area contributed by atoms with Crippen LogP contribution in [0.15, 0.2) is 60.7 Å². The van der Waals surface area contributed by atoms with Crippen molar-refractivity contribution in [3.63, 3.8) is 0 Å². The van der Waals surface area contributed by atoms with Crippen LogP contribution in [0.5, 0.6) is 0 Å². The fraction of sp³-hybridized carbons (Fsp3) is 0.304. The summed E-state index contributed by atoms with van der Waals surface area (Å²) in [6.45, 7) is 2.46. The highest BCUT2D eigenvalue weighted by atomic mass is 35.5. The third-order valence-electron chi connectivity index (χ3n) is 6.05. The summed E-state index contributed by atoms with van der Waals surface area (Å²) in [7, 11) is 0. The molecule has 2 aromatic rings. The van der Waals surface area contributed by atoms with Gasteiger partial charge in [-0.05, 0) is 36.2 Å². The van der Waals surface area contributed by atoms with Crippen LogP contribution < -0.4 is 4.90 Å². The van der Waals surface area contributed by atoms with Gasteiger partial charge < -0.3 is 14.4 Å². The quantitative estimate of drug-likeness (QED) is 0.571. The molecule has 0 saturated carbocycles. The number of nitrogens with zero attached hydrogens (tertiary/aromatic N) is 1. The Labute approximate surface area is 173 Å². The van der Waals surface area contributed by atoms with E-state index in [4.69, 9.17) is 21.1 Å². The molecule has 2 saturated heterocycles. The van der Waals surface area contributed by atoms with E-state index in [1.165, 1.54) is 0 Å². The molecule has 4 atom stereocenters. The van der Waals surface area contributed by atoms with Crippen molar-refractivity contribution in [2.75, 3.05) is 11.4 Å². The van der Waals surface area contributed by atoms with Gasteiger partial charge in [0.2, 0.25) is 5.91 Å². The molecule has 3 aliphatic rings. The number of carbonyl (C=O) groups is 2. The van der Waals surface area contributed by atoms with Crippen molar-refractivity contribution in [1.82, 2.24) is 0 Å². The highest BCUT2D eigenvalue weighted by Gasteiger charge is 2.67. The number of aryl methyl sites for hydroxylation is 1. The van der Waals surface area contributed by atoms with Crippen molar-refractivity contribution in [1.29, 1.82) is 0 Å². The molecule has 29 heavy (non-hydrogen) atoms. The molecule has 0 radical (unpaired) electrons. The first kappa shape index (κ1) is 18.4. The summed E-state index contributed by atoms with van der Waals surface area (Å²) in [6.07, 6.45) is 3.40. The maximum absolute atomic E-state index is 13.3. The molecule has 0 aromatic heterocycles. The topological polar surface area (TPSA) is 55.8 Å². The van der Waals surface area contributed by atoms with E-state index in [0.29, 0.717) is 11.6 Å². The van der Waals surface area contributed by atoms with Crippen LogP contribution in [0.2, 0.25) is 5.02 Å². The summed E-state index contributed by atoms with van der Waals surface area (Å²) in [5, 5.41) is 0.651. The van der Waals surface area contributed by atoms with Gasteiger partial charge in [0.15, 0.2) is 0 Å². The van der Waals surface area contributed by atoms with Crippen LogP contribution in [0.4, 0.5) is 5.69 Å². The lowest BCUT2D eigenvalue weighted by Gasteiger charge is -2.22. The predicted octanol–water partition coefficient (Wildman–Crippen LogP) is 3.68. The van der Waals surface area contributed by atoms with Crippen molar-refractivity contribution in [3.05, 3.63) is 76.8 Å². The van der Waals surface area contributed by atoms with Crippen LogP contribution >= 0.6 is 11.6 Å². The van der Waals surface area contributed by atoms with Crippen molar-refractivity contribution < 1.29 is 19.1 Å². The summed E-state index contributed by atoms with van der Waals surface area (Å²) in [5.41, 5.74) is 1.79. The minimum absolute atomic E-state index is 0.111. The molecule has 2 aromatic carbocycles. The number of hydrogen-bond donors (Lipinski definition) is 0. The number of carbonyl (C=O) groups excluding carboxylic acids is 2. The van der Waals surface area contributed by atoms with Crippen LogP contribution in [-0.2, 0) is 25.7 Å². The first-order valence-electron chi connectivity index (χ1n) is 9.64. The third-order valence-corrected chi connectivity index (χ3v) is 6.47. The lowest BCUT2D eigenvalue weighted by molar-refractivity contribution is -0.153. The number of esters is 1. The standard InChI is InChI=1S/C23H20ClNO4/c1-14-11-16(7-8-17(14)24)25-13-23-10-9-18(29-23)19(20(23)21(25)26)22(27)28-12-15-5-3-2-4-6-15/h2-11,18-20H,12-13H2,1H3/t18-,19+,20+,23-/m1/s1. The van der Waals surface area contributed by atoms with Gasteiger partial charge in [-0.15, -0.1) is 0 Å². The molecule has 2 bridgehead atoms. The SMILES string of the molecule is Cc1cc(N2C[C@@]34C=C[C@@H](O3)[C@H](C(=O)OCc3ccccc3)[C@H]4C2=O)ccc1Cl. The maximum Gasteiger partial charge on any atom is 0.313 e. The number of rotatable bonds is 4. The van der Waals surface area contributed by atoms with Crippen LogP contribution in [0.3, 0.4) is 0 Å². The van der Waals surface area contributed by atoms with Gasteiger partial charge >= 0.3 is 5.97 Å². The molecule has 3 aliphatic heterocycles. The molecule has 0 aliphatic carbocycles. The van der Waals surface area contributed by atoms with Crippen LogP contribution in [0, 0.1) is 18.8 Å². The van der Waals surface area contributed by atoms with Gasteiger partial charge in [-0.25, -0.2) is 0 Å². The van der Waals surface area contributed by atoms with Crippen LogP contribution in [0.25, 0.3) is 0 Å². The number of benzene rings is 2. The Kier molecular flexibility index (Phi) is 4.26. The highest BCUT2D eigenvalue weighted by Crippen LogP contribution is 2.53. The summed E-state index contributed by atoms with van der Waals surface area (Å²) < 4.78 is 11.7. The predicted molar refractivity (Wildman–Crippen MR) is 109 cm³/mol. The molecular formula is C23H20ClNO4. The Bertz CT molecular complexity index is 1020. The van der Waals surface area contributed by atoms with Crippen LogP contribution in [-0.4, -0.2) is 30.1 Å². The van der Waals surface area contributed by atoms with E-state index in [2.05, 4.69) is 0 Å². The van der Waals surface area contributed by atoms with E-state index in [1.807, 2.05) is 61.5 Å². The zero-order valence-electron chi connectivity index (χ0n) is 15.9. The molecule has 5 rings (SSSR count). The van der Waals surface area contributed by atoms with E-state index in [9.17, 15) is 9.59 Å². The lowest BCUT2D eigenvalue weighted by atomic mass is 9.77. The Balaban J connectivity index is 1.39. The van der Waals surface area contributed by atoms with E-state index in [0.717, 1.165) is 16.8 Å². The second kappa shape index (κ2) is 6.71. The Morgan fingerprint density at radius 2 is 2.07 bits per heavy atom. The van der Waals surface area contributed by atoms with Gasteiger partial charge in [-0.1, -0.05) is 54.1 Å². The van der Waals surface area contributed by atoms with Gasteiger partial charge in [-0.2, -0.15) is 0 Å². The fourth-order valence-corrected chi connectivity index (χ4v) is 4.73. The molecule has 1 amide bonds. The van der Waals surface area contributed by atoms with Gasteiger partial charge in [0.05, 0.1) is 18.6 Å². The van der Waals surface area contributed by atoms with Gasteiger partial charge in [0.1, 0.15) is 18.1 Å². The second-order valence-electron chi connectivity index (χ2n) is 7.85. The smallest absolute Gasteiger partial charge is 0.313 e. The summed E-state index contributed by atoms with van der Waals surface area (Å²) in [5.74, 6) is -1.70. The molecule has 6 heteroatoms. The highest BCUT2D eigenvalue weighted by molar-refractivity contribution is 6.31. The second-order valence-corrected chi connectivity index (χ2v) is 8.26. The number of halogens is 1. The molecular weight excluding hydrogens is 390 g/mol. The van der Waals surface area contributed by atoms with Gasteiger partial charge in [0.25, 0.3) is 0 Å². The number of hydrogen-bond acceptors (Lipinski definition) is 4. The average Bonchev–Trinajstić information content (AvgIpc) is 3.37. The number of fused-ring (bicyclic) bond motifs is 1. The molecule has 148 valence electrons.